The highest BCUT2D eigenvalue weighted by Gasteiger charge is 2.20. The molecule has 1 saturated carbocycles. The number of likely N-dealkylation sites (N-methyl/N-ethyl adjacent to an activating group) is 1. The monoisotopic (exact) mass is 229 g/mol. The molecule has 2 N–H and O–H groups in total. The summed E-state index contributed by atoms with van der Waals surface area (Å²) in [6, 6.07) is 0. The molecule has 0 saturated heterocycles. The first-order chi connectivity index (χ1) is 7.70. The highest BCUT2D eigenvalue weighted by molar-refractivity contribution is 4.80. The minimum atomic E-state index is -0.188. The van der Waals surface area contributed by atoms with Crippen LogP contribution in [0.2, 0.25) is 0 Å². The van der Waals surface area contributed by atoms with E-state index >= 15 is 0 Å². The molecule has 1 aliphatic rings. The Morgan fingerprint density at radius 3 is 2.56 bits per heavy atom. The van der Waals surface area contributed by atoms with Gasteiger partial charge in [-0.2, -0.15) is 0 Å². The van der Waals surface area contributed by atoms with Gasteiger partial charge in [0.1, 0.15) is 0 Å². The number of hydrogen-bond donors (Lipinski definition) is 2. The summed E-state index contributed by atoms with van der Waals surface area (Å²) >= 11 is 0. The highest BCUT2D eigenvalue weighted by Crippen LogP contribution is 2.23. The van der Waals surface area contributed by atoms with Crippen molar-refractivity contribution in [3.63, 3.8) is 0 Å². The number of aliphatic hydroxyl groups is 1. The van der Waals surface area contributed by atoms with Gasteiger partial charge in [0.15, 0.2) is 0 Å². The minimum Gasteiger partial charge on any atom is -0.394 e. The van der Waals surface area contributed by atoms with E-state index in [0.717, 1.165) is 25.6 Å². The van der Waals surface area contributed by atoms with Crippen LogP contribution in [-0.4, -0.2) is 37.5 Å². The van der Waals surface area contributed by atoms with Crippen LogP contribution in [0.4, 0.5) is 0 Å². The van der Waals surface area contributed by atoms with Crippen molar-refractivity contribution in [3.8, 4) is 0 Å². The quantitative estimate of drug-likeness (QED) is 0.656. The Morgan fingerprint density at radius 2 is 2.00 bits per heavy atom. The standard InChI is InChI=1S/C13H27NO2/c1-13(11-15,14-2)8-9-16-10-12-6-4-3-5-7-12/h12,14-15H,3-11H2,1-2H3. The second-order valence-corrected chi connectivity index (χ2v) is 5.30. The van der Waals surface area contributed by atoms with E-state index in [1.54, 1.807) is 0 Å². The van der Waals surface area contributed by atoms with Crippen molar-refractivity contribution >= 4 is 0 Å². The van der Waals surface area contributed by atoms with E-state index in [-0.39, 0.29) is 12.1 Å². The molecule has 0 spiro atoms. The van der Waals surface area contributed by atoms with Crippen molar-refractivity contribution in [2.24, 2.45) is 5.92 Å². The summed E-state index contributed by atoms with van der Waals surface area (Å²) < 4.78 is 5.72. The normalized spacial score (nSPS) is 21.9. The number of ether oxygens (including phenoxy) is 1. The number of rotatable bonds is 7. The maximum atomic E-state index is 9.22. The lowest BCUT2D eigenvalue weighted by Gasteiger charge is -2.27. The van der Waals surface area contributed by atoms with Gasteiger partial charge in [-0.05, 0) is 39.2 Å². The Morgan fingerprint density at radius 1 is 1.31 bits per heavy atom. The molecule has 3 heteroatoms. The molecular formula is C13H27NO2. The molecule has 1 fully saturated rings. The van der Waals surface area contributed by atoms with E-state index in [2.05, 4.69) is 5.32 Å². The molecule has 1 unspecified atom stereocenters. The maximum Gasteiger partial charge on any atom is 0.0611 e. The molecule has 1 atom stereocenters. The van der Waals surface area contributed by atoms with Gasteiger partial charge >= 0.3 is 0 Å². The first kappa shape index (κ1) is 13.9. The van der Waals surface area contributed by atoms with Gasteiger partial charge in [0.05, 0.1) is 6.61 Å². The van der Waals surface area contributed by atoms with Crippen LogP contribution in [-0.2, 0) is 4.74 Å². The first-order valence-electron chi connectivity index (χ1n) is 6.58. The third-order valence-corrected chi connectivity index (χ3v) is 3.83. The minimum absolute atomic E-state index is 0.163. The molecule has 96 valence electrons. The SMILES string of the molecule is CNC(C)(CO)CCOCC1CCCCC1. The van der Waals surface area contributed by atoms with Crippen molar-refractivity contribution in [1.29, 1.82) is 0 Å². The summed E-state index contributed by atoms with van der Waals surface area (Å²) in [5.74, 6) is 0.781. The van der Waals surface area contributed by atoms with E-state index in [9.17, 15) is 5.11 Å². The Hall–Kier alpha value is -0.120. The maximum absolute atomic E-state index is 9.22. The largest absolute Gasteiger partial charge is 0.394 e. The van der Waals surface area contributed by atoms with Crippen LogP contribution in [0.3, 0.4) is 0 Å². The van der Waals surface area contributed by atoms with E-state index in [1.807, 2.05) is 14.0 Å². The molecule has 0 aliphatic heterocycles. The zero-order chi connectivity index (χ0) is 11.9. The van der Waals surface area contributed by atoms with Crippen LogP contribution in [0.5, 0.6) is 0 Å². The third kappa shape index (κ3) is 4.81. The number of nitrogens with one attached hydrogen (secondary N) is 1. The zero-order valence-corrected chi connectivity index (χ0v) is 10.8. The lowest BCUT2D eigenvalue weighted by atomic mass is 9.90. The van der Waals surface area contributed by atoms with Gasteiger partial charge in [-0.3, -0.25) is 0 Å². The van der Waals surface area contributed by atoms with Crippen LogP contribution in [0.15, 0.2) is 0 Å². The number of aliphatic hydroxyl groups excluding tert-OH is 1. The zero-order valence-electron chi connectivity index (χ0n) is 10.8. The lowest BCUT2D eigenvalue weighted by molar-refractivity contribution is 0.0597. The molecule has 0 bridgehead atoms. The summed E-state index contributed by atoms with van der Waals surface area (Å²) in [4.78, 5) is 0. The van der Waals surface area contributed by atoms with Gasteiger partial charge in [-0.1, -0.05) is 19.3 Å². The van der Waals surface area contributed by atoms with E-state index in [1.165, 1.54) is 32.1 Å². The molecule has 0 aromatic carbocycles. The highest BCUT2D eigenvalue weighted by atomic mass is 16.5. The third-order valence-electron chi connectivity index (χ3n) is 3.83. The first-order valence-corrected chi connectivity index (χ1v) is 6.58. The van der Waals surface area contributed by atoms with Gasteiger partial charge in [-0.15, -0.1) is 0 Å². The molecular weight excluding hydrogens is 202 g/mol. The molecule has 0 heterocycles. The second kappa shape index (κ2) is 7.25. The van der Waals surface area contributed by atoms with Gasteiger partial charge in [0, 0.05) is 18.8 Å². The summed E-state index contributed by atoms with van der Waals surface area (Å²) in [5, 5.41) is 12.4. The fourth-order valence-electron chi connectivity index (χ4n) is 2.18. The molecule has 0 radical (unpaired) electrons. The summed E-state index contributed by atoms with van der Waals surface area (Å²) in [6.07, 6.45) is 7.69. The molecule has 1 rings (SSSR count). The van der Waals surface area contributed by atoms with Crippen LogP contribution in [0.1, 0.15) is 45.4 Å². The fraction of sp³-hybridized carbons (Fsp3) is 1.00. The fourth-order valence-corrected chi connectivity index (χ4v) is 2.18. The topological polar surface area (TPSA) is 41.5 Å². The van der Waals surface area contributed by atoms with Gasteiger partial charge in [0.2, 0.25) is 0 Å². The van der Waals surface area contributed by atoms with Gasteiger partial charge in [-0.25, -0.2) is 0 Å². The van der Waals surface area contributed by atoms with Crippen molar-refractivity contribution in [3.05, 3.63) is 0 Å². The van der Waals surface area contributed by atoms with Crippen molar-refractivity contribution in [2.45, 2.75) is 51.0 Å². The Bertz CT molecular complexity index is 175. The number of hydrogen-bond acceptors (Lipinski definition) is 3. The smallest absolute Gasteiger partial charge is 0.0611 e. The second-order valence-electron chi connectivity index (χ2n) is 5.30. The van der Waals surface area contributed by atoms with Gasteiger partial charge < -0.3 is 15.2 Å². The molecule has 1 aliphatic carbocycles. The molecule has 0 aromatic rings. The predicted molar refractivity (Wildman–Crippen MR) is 66.6 cm³/mol. The summed E-state index contributed by atoms with van der Waals surface area (Å²) in [5.41, 5.74) is -0.188. The molecule has 16 heavy (non-hydrogen) atoms. The van der Waals surface area contributed by atoms with Crippen molar-refractivity contribution < 1.29 is 9.84 Å². The van der Waals surface area contributed by atoms with E-state index in [4.69, 9.17) is 4.74 Å². The summed E-state index contributed by atoms with van der Waals surface area (Å²) in [7, 11) is 1.89. The Kier molecular flexibility index (Phi) is 6.32. The van der Waals surface area contributed by atoms with Crippen LogP contribution < -0.4 is 5.32 Å². The average Bonchev–Trinajstić information content (AvgIpc) is 2.36. The summed E-state index contributed by atoms with van der Waals surface area (Å²) in [6.45, 7) is 3.84. The van der Waals surface area contributed by atoms with E-state index in [0.29, 0.717) is 0 Å². The molecule has 3 nitrogen and oxygen atoms in total. The van der Waals surface area contributed by atoms with Gasteiger partial charge in [0.25, 0.3) is 0 Å². The molecule has 0 amide bonds. The predicted octanol–water partition coefficient (Wildman–Crippen LogP) is 1.94. The molecule has 0 aromatic heterocycles. The van der Waals surface area contributed by atoms with Crippen molar-refractivity contribution in [2.75, 3.05) is 26.9 Å². The van der Waals surface area contributed by atoms with Crippen LogP contribution in [0.25, 0.3) is 0 Å². The van der Waals surface area contributed by atoms with Crippen LogP contribution >= 0.6 is 0 Å². The lowest BCUT2D eigenvalue weighted by Crippen LogP contribution is -2.44. The van der Waals surface area contributed by atoms with Crippen molar-refractivity contribution in [1.82, 2.24) is 5.32 Å². The Balaban J connectivity index is 2.06. The van der Waals surface area contributed by atoms with E-state index < -0.39 is 0 Å². The van der Waals surface area contributed by atoms with Crippen LogP contribution in [0, 0.1) is 5.92 Å². The Labute approximate surface area is 99.6 Å². The average molecular weight is 229 g/mol.